The maximum absolute atomic E-state index is 9.69. The topological polar surface area (TPSA) is 40.5 Å². The molecule has 2 rings (SSSR count). The molecule has 1 unspecified atom stereocenters. The van der Waals surface area contributed by atoms with Crippen LogP contribution in [-0.4, -0.2) is 22.4 Å². The summed E-state index contributed by atoms with van der Waals surface area (Å²) in [5.41, 5.74) is -0.778. The highest BCUT2D eigenvalue weighted by atomic mass is 16.3. The van der Waals surface area contributed by atoms with Crippen LogP contribution in [0.1, 0.15) is 12.8 Å². The molecular formula is C8H12O2. The second kappa shape index (κ2) is 1.83. The number of fused-ring (bicyclic) bond motifs is 2. The van der Waals surface area contributed by atoms with Crippen molar-refractivity contribution in [2.45, 2.75) is 18.4 Å². The highest BCUT2D eigenvalue weighted by Gasteiger charge is 2.46. The Morgan fingerprint density at radius 2 is 2.30 bits per heavy atom. The number of allylic oxidation sites excluding steroid dienone is 1. The van der Waals surface area contributed by atoms with Crippen molar-refractivity contribution < 1.29 is 10.2 Å². The molecule has 2 aliphatic rings. The van der Waals surface area contributed by atoms with Crippen molar-refractivity contribution in [3.63, 3.8) is 0 Å². The molecule has 3 atom stereocenters. The third-order valence-electron chi connectivity index (χ3n) is 2.75. The zero-order chi connectivity index (χ0) is 7.19. The van der Waals surface area contributed by atoms with Gasteiger partial charge in [-0.25, -0.2) is 0 Å². The van der Waals surface area contributed by atoms with E-state index in [9.17, 15) is 5.11 Å². The summed E-state index contributed by atoms with van der Waals surface area (Å²) in [6.07, 6.45) is 5.97. The van der Waals surface area contributed by atoms with E-state index in [1.54, 1.807) is 0 Å². The van der Waals surface area contributed by atoms with Crippen LogP contribution in [0.3, 0.4) is 0 Å². The lowest BCUT2D eigenvalue weighted by Gasteiger charge is -2.26. The van der Waals surface area contributed by atoms with E-state index >= 15 is 0 Å². The zero-order valence-electron chi connectivity index (χ0n) is 5.83. The van der Waals surface area contributed by atoms with Gasteiger partial charge in [-0.15, -0.1) is 0 Å². The smallest absolute Gasteiger partial charge is 0.0945 e. The molecule has 1 saturated carbocycles. The molecule has 2 aliphatic carbocycles. The van der Waals surface area contributed by atoms with E-state index in [1.165, 1.54) is 0 Å². The molecule has 0 amide bonds. The quantitative estimate of drug-likeness (QED) is 0.514. The highest BCUT2D eigenvalue weighted by Crippen LogP contribution is 2.45. The predicted molar refractivity (Wildman–Crippen MR) is 37.4 cm³/mol. The number of rotatable bonds is 1. The van der Waals surface area contributed by atoms with Gasteiger partial charge in [-0.05, 0) is 18.8 Å². The second-order valence-electron chi connectivity index (χ2n) is 3.45. The molecule has 0 aromatic rings. The third-order valence-corrected chi connectivity index (χ3v) is 2.75. The molecule has 2 bridgehead atoms. The van der Waals surface area contributed by atoms with Gasteiger partial charge in [-0.2, -0.15) is 0 Å². The van der Waals surface area contributed by atoms with Gasteiger partial charge in [0, 0.05) is 5.92 Å². The van der Waals surface area contributed by atoms with Gasteiger partial charge < -0.3 is 10.2 Å². The third kappa shape index (κ3) is 0.662. The molecule has 2 nitrogen and oxygen atoms in total. The number of hydrogen-bond donors (Lipinski definition) is 2. The zero-order valence-corrected chi connectivity index (χ0v) is 5.83. The average Bonchev–Trinajstić information content (AvgIpc) is 2.46. The fourth-order valence-corrected chi connectivity index (χ4v) is 2.11. The molecular weight excluding hydrogens is 128 g/mol. The Morgan fingerprint density at radius 1 is 1.50 bits per heavy atom. The fourth-order valence-electron chi connectivity index (χ4n) is 2.11. The molecule has 56 valence electrons. The standard InChI is InChI=1S/C8H12O2/c9-5-8(10)4-6-1-2-7(8)3-6/h1-2,6-7,9-10H,3-5H2/t6-,7+,8?/m0/s1. The average molecular weight is 140 g/mol. The van der Waals surface area contributed by atoms with Crippen molar-refractivity contribution in [1.82, 2.24) is 0 Å². The molecule has 0 aliphatic heterocycles. The van der Waals surface area contributed by atoms with Gasteiger partial charge in [0.15, 0.2) is 0 Å². The predicted octanol–water partition coefficient (Wildman–Crippen LogP) is 0.306. The monoisotopic (exact) mass is 140 g/mol. The molecule has 10 heavy (non-hydrogen) atoms. The number of hydrogen-bond acceptors (Lipinski definition) is 2. The minimum atomic E-state index is -0.778. The van der Waals surface area contributed by atoms with Crippen LogP contribution < -0.4 is 0 Å². The van der Waals surface area contributed by atoms with Gasteiger partial charge >= 0.3 is 0 Å². The van der Waals surface area contributed by atoms with Gasteiger partial charge in [0.25, 0.3) is 0 Å². The summed E-state index contributed by atoms with van der Waals surface area (Å²) in [5.74, 6) is 0.754. The summed E-state index contributed by atoms with van der Waals surface area (Å²) in [5, 5.41) is 18.6. The fraction of sp³-hybridized carbons (Fsp3) is 0.750. The molecule has 2 heteroatoms. The Bertz CT molecular complexity index is 176. The van der Waals surface area contributed by atoms with Gasteiger partial charge in [-0.1, -0.05) is 12.2 Å². The minimum Gasteiger partial charge on any atom is -0.393 e. The van der Waals surface area contributed by atoms with Crippen LogP contribution in [-0.2, 0) is 0 Å². The minimum absolute atomic E-state index is 0.0848. The summed E-state index contributed by atoms with van der Waals surface area (Å²) < 4.78 is 0. The maximum atomic E-state index is 9.69. The molecule has 2 N–H and O–H groups in total. The lowest BCUT2D eigenvalue weighted by atomic mass is 9.89. The molecule has 1 fully saturated rings. The molecule has 0 saturated heterocycles. The second-order valence-corrected chi connectivity index (χ2v) is 3.45. The SMILES string of the molecule is OCC1(O)C[C@H]2C=C[C@@H]1C2. The van der Waals surface area contributed by atoms with E-state index in [0.717, 1.165) is 12.8 Å². The Labute approximate surface area is 60.2 Å². The Hall–Kier alpha value is -0.340. The first-order valence-corrected chi connectivity index (χ1v) is 3.76. The summed E-state index contributed by atoms with van der Waals surface area (Å²) in [4.78, 5) is 0. The van der Waals surface area contributed by atoms with Crippen molar-refractivity contribution >= 4 is 0 Å². The maximum Gasteiger partial charge on any atom is 0.0945 e. The van der Waals surface area contributed by atoms with Crippen LogP contribution in [0.15, 0.2) is 12.2 Å². The van der Waals surface area contributed by atoms with E-state index < -0.39 is 5.60 Å². The largest absolute Gasteiger partial charge is 0.393 e. The first-order chi connectivity index (χ1) is 4.74. The van der Waals surface area contributed by atoms with Crippen molar-refractivity contribution in [2.75, 3.05) is 6.61 Å². The van der Waals surface area contributed by atoms with Crippen LogP contribution in [0, 0.1) is 11.8 Å². The van der Waals surface area contributed by atoms with E-state index in [-0.39, 0.29) is 12.5 Å². The summed E-state index contributed by atoms with van der Waals surface area (Å²) in [6.45, 7) is -0.0848. The van der Waals surface area contributed by atoms with Crippen LogP contribution in [0.5, 0.6) is 0 Å². The molecule has 0 radical (unpaired) electrons. The normalized spacial score (nSPS) is 50.6. The van der Waals surface area contributed by atoms with E-state index in [0.29, 0.717) is 5.92 Å². The highest BCUT2D eigenvalue weighted by molar-refractivity contribution is 5.16. The summed E-state index contributed by atoms with van der Waals surface area (Å²) in [6, 6.07) is 0. The lowest BCUT2D eigenvalue weighted by Crippen LogP contribution is -2.37. The number of aliphatic hydroxyl groups excluding tert-OH is 1. The van der Waals surface area contributed by atoms with Crippen LogP contribution >= 0.6 is 0 Å². The lowest BCUT2D eigenvalue weighted by molar-refractivity contribution is -0.0346. The van der Waals surface area contributed by atoms with Gasteiger partial charge in [0.05, 0.1) is 12.2 Å². The first kappa shape index (κ1) is 6.38. The van der Waals surface area contributed by atoms with Crippen LogP contribution in [0.2, 0.25) is 0 Å². The van der Waals surface area contributed by atoms with Gasteiger partial charge in [0.2, 0.25) is 0 Å². The molecule has 0 aromatic heterocycles. The molecule has 0 heterocycles. The molecule has 0 aromatic carbocycles. The Morgan fingerprint density at radius 3 is 2.60 bits per heavy atom. The van der Waals surface area contributed by atoms with E-state index in [4.69, 9.17) is 5.11 Å². The van der Waals surface area contributed by atoms with Gasteiger partial charge in [0.1, 0.15) is 0 Å². The van der Waals surface area contributed by atoms with Crippen molar-refractivity contribution in [2.24, 2.45) is 11.8 Å². The first-order valence-electron chi connectivity index (χ1n) is 3.76. The van der Waals surface area contributed by atoms with Gasteiger partial charge in [-0.3, -0.25) is 0 Å². The van der Waals surface area contributed by atoms with Crippen LogP contribution in [0.25, 0.3) is 0 Å². The van der Waals surface area contributed by atoms with Crippen LogP contribution in [0.4, 0.5) is 0 Å². The van der Waals surface area contributed by atoms with Crippen molar-refractivity contribution in [1.29, 1.82) is 0 Å². The number of aliphatic hydroxyl groups is 2. The molecule has 0 spiro atoms. The van der Waals surface area contributed by atoms with Crippen molar-refractivity contribution in [3.05, 3.63) is 12.2 Å². The summed E-state index contributed by atoms with van der Waals surface area (Å²) >= 11 is 0. The van der Waals surface area contributed by atoms with Crippen molar-refractivity contribution in [3.8, 4) is 0 Å². The Balaban J connectivity index is 2.22. The summed E-state index contributed by atoms with van der Waals surface area (Å²) in [7, 11) is 0. The Kier molecular flexibility index (Phi) is 1.17. The van der Waals surface area contributed by atoms with E-state index in [2.05, 4.69) is 6.08 Å². The van der Waals surface area contributed by atoms with E-state index in [1.807, 2.05) is 6.08 Å².